The van der Waals surface area contributed by atoms with E-state index in [0.29, 0.717) is 36.5 Å². The Bertz CT molecular complexity index is 877. The first-order valence-corrected chi connectivity index (χ1v) is 11.6. The lowest BCUT2D eigenvalue weighted by molar-refractivity contribution is -0.146. The van der Waals surface area contributed by atoms with Crippen molar-refractivity contribution in [2.75, 3.05) is 17.2 Å². The molecule has 166 valence electrons. The number of fused-ring (bicyclic) bond motifs is 1. The fourth-order valence-corrected chi connectivity index (χ4v) is 6.54. The van der Waals surface area contributed by atoms with Crippen molar-refractivity contribution in [3.8, 4) is 5.75 Å². The lowest BCUT2D eigenvalue weighted by Gasteiger charge is -2.55. The number of anilines is 2. The number of hydrogen-bond donors (Lipinski definition) is 3. The van der Waals surface area contributed by atoms with Gasteiger partial charge in [-0.3, -0.25) is 14.4 Å². The van der Waals surface area contributed by atoms with Crippen LogP contribution in [0.2, 0.25) is 0 Å². The number of carbonyl (C=O) groups is 3. The number of hydrogen-bond acceptors (Lipinski definition) is 4. The van der Waals surface area contributed by atoms with Crippen molar-refractivity contribution in [3.05, 3.63) is 18.2 Å². The molecular weight excluding hydrogens is 394 g/mol. The van der Waals surface area contributed by atoms with Crippen LogP contribution in [-0.4, -0.2) is 30.4 Å². The second kappa shape index (κ2) is 7.84. The second-order valence-corrected chi connectivity index (χ2v) is 10.1. The van der Waals surface area contributed by atoms with Gasteiger partial charge in [-0.15, -0.1) is 0 Å². The minimum Gasteiger partial charge on any atom is -0.479 e. The summed E-state index contributed by atoms with van der Waals surface area (Å²) in [6.07, 6.45) is 7.55. The lowest BCUT2D eigenvalue weighted by atomic mass is 9.49. The van der Waals surface area contributed by atoms with Gasteiger partial charge in [0.25, 0.3) is 5.91 Å². The Labute approximate surface area is 182 Å². The average Bonchev–Trinajstić information content (AvgIpc) is 2.71. The highest BCUT2D eigenvalue weighted by atomic mass is 16.5. The van der Waals surface area contributed by atoms with Crippen LogP contribution in [0.4, 0.5) is 11.4 Å². The molecule has 6 rings (SSSR count). The molecule has 0 saturated heterocycles. The highest BCUT2D eigenvalue weighted by molar-refractivity contribution is 5.99. The molecule has 4 aliphatic carbocycles. The van der Waals surface area contributed by atoms with Gasteiger partial charge in [0.05, 0.1) is 5.69 Å². The highest BCUT2D eigenvalue weighted by Gasteiger charge is 2.54. The summed E-state index contributed by atoms with van der Waals surface area (Å²) in [6, 6.07) is 5.20. The van der Waals surface area contributed by atoms with Crippen molar-refractivity contribution in [2.24, 2.45) is 23.2 Å². The van der Waals surface area contributed by atoms with Crippen LogP contribution in [0.25, 0.3) is 0 Å². The molecule has 1 heterocycles. The third-order valence-corrected chi connectivity index (χ3v) is 7.58. The van der Waals surface area contributed by atoms with Crippen molar-refractivity contribution >= 4 is 29.1 Å². The summed E-state index contributed by atoms with van der Waals surface area (Å²) in [5, 5.41) is 8.76. The van der Waals surface area contributed by atoms with Gasteiger partial charge in [0.1, 0.15) is 5.75 Å². The lowest BCUT2D eigenvalue weighted by Crippen LogP contribution is -2.53. The number of rotatable bonds is 6. The maximum absolute atomic E-state index is 13.0. The molecule has 1 atom stereocenters. The molecule has 4 bridgehead atoms. The van der Waals surface area contributed by atoms with Crippen LogP contribution < -0.4 is 20.7 Å². The van der Waals surface area contributed by atoms with E-state index in [-0.39, 0.29) is 23.1 Å². The van der Waals surface area contributed by atoms with Crippen LogP contribution in [-0.2, 0) is 14.4 Å². The van der Waals surface area contributed by atoms with Gasteiger partial charge >= 0.3 is 0 Å². The number of benzene rings is 1. The molecule has 3 amide bonds. The SMILES string of the molecule is C[C@H]1Oc2ccc(NC(=O)CCCNC(=O)C34CC5CC(CC(C5)C3)C4)cc2NC1=O. The highest BCUT2D eigenvalue weighted by Crippen LogP contribution is 2.60. The van der Waals surface area contributed by atoms with E-state index in [1.807, 2.05) is 0 Å². The first-order valence-electron chi connectivity index (χ1n) is 11.6. The number of nitrogens with one attached hydrogen (secondary N) is 3. The topological polar surface area (TPSA) is 96.5 Å². The van der Waals surface area contributed by atoms with E-state index in [4.69, 9.17) is 4.74 Å². The van der Waals surface area contributed by atoms with E-state index in [9.17, 15) is 14.4 Å². The Hall–Kier alpha value is -2.57. The first kappa shape index (κ1) is 20.3. The zero-order valence-electron chi connectivity index (χ0n) is 18.0. The molecule has 1 aromatic rings. The van der Waals surface area contributed by atoms with Crippen LogP contribution in [0.15, 0.2) is 18.2 Å². The second-order valence-electron chi connectivity index (χ2n) is 10.1. The Balaban J connectivity index is 1.08. The fraction of sp³-hybridized carbons (Fsp3) is 0.625. The van der Waals surface area contributed by atoms with Gasteiger partial charge in [-0.1, -0.05) is 0 Å². The molecular formula is C24H31N3O4. The van der Waals surface area contributed by atoms with Crippen molar-refractivity contribution in [2.45, 2.75) is 64.4 Å². The molecule has 0 radical (unpaired) electrons. The third-order valence-electron chi connectivity index (χ3n) is 7.58. The minimum atomic E-state index is -0.526. The van der Waals surface area contributed by atoms with Gasteiger partial charge in [0, 0.05) is 24.1 Å². The van der Waals surface area contributed by atoms with E-state index in [1.165, 1.54) is 19.3 Å². The third kappa shape index (κ3) is 4.02. The quantitative estimate of drug-likeness (QED) is 0.608. The van der Waals surface area contributed by atoms with Crippen molar-refractivity contribution in [3.63, 3.8) is 0 Å². The standard InChI is InChI=1S/C24H31N3O4/c1-14-22(29)27-19-10-18(4-5-20(19)31-14)26-21(28)3-2-6-25-23(30)24-11-15-7-16(12-24)9-17(8-15)13-24/h4-5,10,14-17H,2-3,6-9,11-13H2,1H3,(H,25,30)(H,26,28)(H,27,29)/t14-,15?,16?,17?,24?/m1/s1. The van der Waals surface area contributed by atoms with Gasteiger partial charge in [0.15, 0.2) is 6.10 Å². The molecule has 0 unspecified atom stereocenters. The van der Waals surface area contributed by atoms with Crippen LogP contribution in [0.3, 0.4) is 0 Å². The first-order chi connectivity index (χ1) is 14.9. The summed E-state index contributed by atoms with van der Waals surface area (Å²) in [5.74, 6) is 2.74. The van der Waals surface area contributed by atoms with Crippen molar-refractivity contribution in [1.29, 1.82) is 0 Å². The van der Waals surface area contributed by atoms with Crippen LogP contribution in [0.1, 0.15) is 58.3 Å². The molecule has 7 heteroatoms. The van der Waals surface area contributed by atoms with Crippen molar-refractivity contribution in [1.82, 2.24) is 5.32 Å². The molecule has 3 N–H and O–H groups in total. The summed E-state index contributed by atoms with van der Waals surface area (Å²) in [6.45, 7) is 2.22. The number of carbonyl (C=O) groups excluding carboxylic acids is 3. The predicted molar refractivity (Wildman–Crippen MR) is 117 cm³/mol. The van der Waals surface area contributed by atoms with E-state index >= 15 is 0 Å². The summed E-state index contributed by atoms with van der Waals surface area (Å²) in [4.78, 5) is 37.0. The summed E-state index contributed by atoms with van der Waals surface area (Å²) < 4.78 is 5.53. The maximum Gasteiger partial charge on any atom is 0.265 e. The molecule has 1 aromatic carbocycles. The molecule has 4 fully saturated rings. The average molecular weight is 426 g/mol. The summed E-state index contributed by atoms with van der Waals surface area (Å²) in [5.41, 5.74) is 1.04. The molecule has 0 aromatic heterocycles. The summed E-state index contributed by atoms with van der Waals surface area (Å²) >= 11 is 0. The normalized spacial score (nSPS) is 32.6. The van der Waals surface area contributed by atoms with Gasteiger partial charge in [-0.2, -0.15) is 0 Å². The van der Waals surface area contributed by atoms with Gasteiger partial charge in [-0.25, -0.2) is 0 Å². The van der Waals surface area contributed by atoms with E-state index in [0.717, 1.165) is 37.0 Å². The van der Waals surface area contributed by atoms with Crippen LogP contribution in [0, 0.1) is 23.2 Å². The summed E-state index contributed by atoms with van der Waals surface area (Å²) in [7, 11) is 0. The Morgan fingerprint density at radius 2 is 1.81 bits per heavy atom. The molecule has 5 aliphatic rings. The van der Waals surface area contributed by atoms with E-state index in [2.05, 4.69) is 16.0 Å². The van der Waals surface area contributed by atoms with Gasteiger partial charge in [0.2, 0.25) is 11.8 Å². The maximum atomic E-state index is 13.0. The largest absolute Gasteiger partial charge is 0.479 e. The monoisotopic (exact) mass is 425 g/mol. The fourth-order valence-electron chi connectivity index (χ4n) is 6.54. The molecule has 0 spiro atoms. The zero-order chi connectivity index (χ0) is 21.6. The van der Waals surface area contributed by atoms with Crippen molar-refractivity contribution < 1.29 is 19.1 Å². The zero-order valence-corrected chi connectivity index (χ0v) is 18.0. The molecule has 31 heavy (non-hydrogen) atoms. The Morgan fingerprint density at radius 3 is 2.48 bits per heavy atom. The Kier molecular flexibility index (Phi) is 5.15. The van der Waals surface area contributed by atoms with Gasteiger partial charge < -0.3 is 20.7 Å². The van der Waals surface area contributed by atoms with E-state index in [1.54, 1.807) is 25.1 Å². The van der Waals surface area contributed by atoms with E-state index < -0.39 is 6.10 Å². The number of amides is 3. The minimum absolute atomic E-state index is 0.111. The smallest absolute Gasteiger partial charge is 0.265 e. The molecule has 7 nitrogen and oxygen atoms in total. The predicted octanol–water partition coefficient (Wildman–Crippen LogP) is 3.46. The van der Waals surface area contributed by atoms with Crippen LogP contribution in [0.5, 0.6) is 5.75 Å². The molecule has 4 saturated carbocycles. The number of ether oxygens (including phenoxy) is 1. The Morgan fingerprint density at radius 1 is 1.13 bits per heavy atom. The van der Waals surface area contributed by atoms with Crippen LogP contribution >= 0.6 is 0 Å². The molecule has 1 aliphatic heterocycles. The van der Waals surface area contributed by atoms with Gasteiger partial charge in [-0.05, 0) is 87.8 Å².